The highest BCUT2D eigenvalue weighted by Gasteiger charge is 2.16. The van der Waals surface area contributed by atoms with Crippen molar-refractivity contribution in [1.29, 1.82) is 0 Å². The molecule has 1 aliphatic heterocycles. The minimum Gasteiger partial charge on any atom is -0.497 e. The Bertz CT molecular complexity index is 533. The predicted molar refractivity (Wildman–Crippen MR) is 73.1 cm³/mol. The first kappa shape index (κ1) is 11.7. The molecule has 4 heteroatoms. The number of fused-ring (bicyclic) bond motifs is 1. The number of aromatic nitrogens is 2. The second kappa shape index (κ2) is 5.06. The van der Waals surface area contributed by atoms with E-state index in [4.69, 9.17) is 4.74 Å². The maximum Gasteiger partial charge on any atom is 0.118 e. The lowest BCUT2D eigenvalue weighted by atomic mass is 10.2. The summed E-state index contributed by atoms with van der Waals surface area (Å²) < 4.78 is 7.30. The zero-order valence-corrected chi connectivity index (χ0v) is 11.2. The third-order valence-electron chi connectivity index (χ3n) is 3.25. The molecule has 1 aromatic carbocycles. The topological polar surface area (TPSA) is 27.1 Å². The molecule has 3 rings (SSSR count). The Morgan fingerprint density at radius 2 is 2.17 bits per heavy atom. The molecule has 2 aromatic rings. The molecule has 2 heterocycles. The van der Waals surface area contributed by atoms with E-state index in [1.54, 1.807) is 7.11 Å². The van der Waals surface area contributed by atoms with Crippen LogP contribution in [0.2, 0.25) is 0 Å². The van der Waals surface area contributed by atoms with E-state index in [9.17, 15) is 0 Å². The standard InChI is InChI=1S/C14H16N2OS/c1-17-12-6-4-11(5-7-12)10-18-14-9-15-16-8-2-3-13(14)16/h4-7,9H,2-3,8,10H2,1H3. The summed E-state index contributed by atoms with van der Waals surface area (Å²) in [5.74, 6) is 1.90. The monoisotopic (exact) mass is 260 g/mol. The maximum atomic E-state index is 5.16. The lowest BCUT2D eigenvalue weighted by Gasteiger charge is -2.03. The van der Waals surface area contributed by atoms with Gasteiger partial charge in [0, 0.05) is 17.2 Å². The number of hydrogen-bond acceptors (Lipinski definition) is 3. The van der Waals surface area contributed by atoms with Crippen LogP contribution in [-0.2, 0) is 18.7 Å². The number of benzene rings is 1. The average molecular weight is 260 g/mol. The molecule has 0 fully saturated rings. The van der Waals surface area contributed by atoms with Gasteiger partial charge in [-0.05, 0) is 30.5 Å². The van der Waals surface area contributed by atoms with Gasteiger partial charge in [0.05, 0.1) is 19.0 Å². The van der Waals surface area contributed by atoms with Crippen LogP contribution in [-0.4, -0.2) is 16.9 Å². The molecule has 1 aliphatic rings. The van der Waals surface area contributed by atoms with Gasteiger partial charge in [0.25, 0.3) is 0 Å². The largest absolute Gasteiger partial charge is 0.497 e. The molecule has 0 radical (unpaired) electrons. The Morgan fingerprint density at radius 3 is 2.94 bits per heavy atom. The van der Waals surface area contributed by atoms with Crippen molar-refractivity contribution in [2.24, 2.45) is 0 Å². The molecule has 94 valence electrons. The Balaban J connectivity index is 1.66. The first-order valence-electron chi connectivity index (χ1n) is 6.17. The van der Waals surface area contributed by atoms with Gasteiger partial charge in [-0.1, -0.05) is 12.1 Å². The van der Waals surface area contributed by atoms with Crippen LogP contribution in [0.25, 0.3) is 0 Å². The highest BCUT2D eigenvalue weighted by molar-refractivity contribution is 7.98. The summed E-state index contributed by atoms with van der Waals surface area (Å²) in [6.07, 6.45) is 4.41. The van der Waals surface area contributed by atoms with E-state index in [1.807, 2.05) is 30.1 Å². The van der Waals surface area contributed by atoms with Gasteiger partial charge in [-0.25, -0.2) is 0 Å². The maximum absolute atomic E-state index is 5.16. The second-order valence-electron chi connectivity index (χ2n) is 4.42. The minimum absolute atomic E-state index is 0.912. The molecule has 0 atom stereocenters. The number of methoxy groups -OCH3 is 1. The highest BCUT2D eigenvalue weighted by Crippen LogP contribution is 2.30. The number of hydrogen-bond donors (Lipinski definition) is 0. The van der Waals surface area contributed by atoms with E-state index in [1.165, 1.54) is 29.0 Å². The molecule has 0 saturated carbocycles. The zero-order valence-electron chi connectivity index (χ0n) is 10.4. The van der Waals surface area contributed by atoms with Crippen molar-refractivity contribution < 1.29 is 4.74 Å². The normalized spacial score (nSPS) is 13.6. The van der Waals surface area contributed by atoms with Crippen molar-refractivity contribution in [2.45, 2.75) is 30.0 Å². The van der Waals surface area contributed by atoms with Gasteiger partial charge < -0.3 is 4.74 Å². The number of nitrogens with zero attached hydrogens (tertiary/aromatic N) is 2. The van der Waals surface area contributed by atoms with Crippen LogP contribution in [0.15, 0.2) is 35.4 Å². The van der Waals surface area contributed by atoms with Crippen molar-refractivity contribution in [3.8, 4) is 5.75 Å². The van der Waals surface area contributed by atoms with Crippen molar-refractivity contribution >= 4 is 11.8 Å². The van der Waals surface area contributed by atoms with Gasteiger partial charge in [0.15, 0.2) is 0 Å². The number of ether oxygens (including phenoxy) is 1. The summed E-state index contributed by atoms with van der Waals surface area (Å²) in [5, 5.41) is 4.41. The fourth-order valence-electron chi connectivity index (χ4n) is 2.24. The lowest BCUT2D eigenvalue weighted by Crippen LogP contribution is -1.93. The predicted octanol–water partition coefficient (Wildman–Crippen LogP) is 3.13. The van der Waals surface area contributed by atoms with Crippen LogP contribution >= 0.6 is 11.8 Å². The summed E-state index contributed by atoms with van der Waals surface area (Å²) in [7, 11) is 1.69. The summed E-state index contributed by atoms with van der Waals surface area (Å²) in [6.45, 7) is 1.08. The third kappa shape index (κ3) is 2.25. The van der Waals surface area contributed by atoms with E-state index >= 15 is 0 Å². The SMILES string of the molecule is COc1ccc(CSc2cnn3c2CCC3)cc1. The quantitative estimate of drug-likeness (QED) is 0.790. The van der Waals surface area contributed by atoms with Crippen LogP contribution in [0.4, 0.5) is 0 Å². The smallest absolute Gasteiger partial charge is 0.118 e. The molecule has 0 bridgehead atoms. The Hall–Kier alpha value is -1.42. The summed E-state index contributed by atoms with van der Waals surface area (Å²) in [4.78, 5) is 1.34. The minimum atomic E-state index is 0.912. The van der Waals surface area contributed by atoms with Crippen LogP contribution in [0.3, 0.4) is 0 Å². The molecule has 0 unspecified atom stereocenters. The van der Waals surface area contributed by atoms with Gasteiger partial charge in [-0.3, -0.25) is 4.68 Å². The third-order valence-corrected chi connectivity index (χ3v) is 4.38. The first-order chi connectivity index (χ1) is 8.86. The Kier molecular flexibility index (Phi) is 3.28. The van der Waals surface area contributed by atoms with E-state index in [0.717, 1.165) is 18.0 Å². The first-order valence-corrected chi connectivity index (χ1v) is 7.16. The number of thioether (sulfide) groups is 1. The van der Waals surface area contributed by atoms with Crippen LogP contribution in [0.1, 0.15) is 17.7 Å². The Labute approximate surface area is 111 Å². The molecule has 3 nitrogen and oxygen atoms in total. The van der Waals surface area contributed by atoms with Crippen molar-refractivity contribution in [3.05, 3.63) is 41.7 Å². The van der Waals surface area contributed by atoms with Crippen molar-refractivity contribution in [1.82, 2.24) is 9.78 Å². The molecule has 0 N–H and O–H groups in total. The zero-order chi connectivity index (χ0) is 12.4. The Morgan fingerprint density at radius 1 is 1.33 bits per heavy atom. The van der Waals surface area contributed by atoms with E-state index < -0.39 is 0 Å². The van der Waals surface area contributed by atoms with E-state index in [2.05, 4.69) is 21.9 Å². The van der Waals surface area contributed by atoms with E-state index in [-0.39, 0.29) is 0 Å². The van der Waals surface area contributed by atoms with Crippen LogP contribution < -0.4 is 4.74 Å². The van der Waals surface area contributed by atoms with Crippen molar-refractivity contribution in [3.63, 3.8) is 0 Å². The molecular weight excluding hydrogens is 244 g/mol. The van der Waals surface area contributed by atoms with Gasteiger partial charge in [-0.2, -0.15) is 5.10 Å². The second-order valence-corrected chi connectivity index (χ2v) is 5.44. The molecule has 0 spiro atoms. The lowest BCUT2D eigenvalue weighted by molar-refractivity contribution is 0.414. The van der Waals surface area contributed by atoms with Gasteiger partial charge >= 0.3 is 0 Å². The summed E-state index contributed by atoms with van der Waals surface area (Å²) in [6, 6.07) is 8.27. The number of aryl methyl sites for hydroxylation is 1. The van der Waals surface area contributed by atoms with Gasteiger partial charge in [0.2, 0.25) is 0 Å². The summed E-state index contributed by atoms with van der Waals surface area (Å²) in [5.41, 5.74) is 2.73. The number of rotatable bonds is 4. The average Bonchev–Trinajstić information content (AvgIpc) is 3.00. The molecule has 0 saturated heterocycles. The molecule has 18 heavy (non-hydrogen) atoms. The molecule has 1 aromatic heterocycles. The molecule has 0 amide bonds. The highest BCUT2D eigenvalue weighted by atomic mass is 32.2. The summed E-state index contributed by atoms with van der Waals surface area (Å²) >= 11 is 1.87. The van der Waals surface area contributed by atoms with Gasteiger partial charge in [-0.15, -0.1) is 11.8 Å². The van der Waals surface area contributed by atoms with Crippen LogP contribution in [0, 0.1) is 0 Å². The molecule has 0 aliphatic carbocycles. The van der Waals surface area contributed by atoms with Gasteiger partial charge in [0.1, 0.15) is 5.75 Å². The van der Waals surface area contributed by atoms with E-state index in [0.29, 0.717) is 0 Å². The fourth-order valence-corrected chi connectivity index (χ4v) is 3.25. The van der Waals surface area contributed by atoms with Crippen LogP contribution in [0.5, 0.6) is 5.75 Å². The molecular formula is C14H16N2OS. The van der Waals surface area contributed by atoms with Crippen molar-refractivity contribution in [2.75, 3.05) is 7.11 Å². The fraction of sp³-hybridized carbons (Fsp3) is 0.357.